The summed E-state index contributed by atoms with van der Waals surface area (Å²) in [4.78, 5) is 41.0. The van der Waals surface area contributed by atoms with Gasteiger partial charge in [-0.3, -0.25) is 19.3 Å². The number of hydrogen-bond donors (Lipinski definition) is 2. The number of carbonyl (C=O) groups is 1. The minimum Gasteiger partial charge on any atom is -0.368 e. The molecule has 0 aliphatic carbocycles. The number of fused-ring (bicyclic) bond motifs is 1. The van der Waals surface area contributed by atoms with E-state index in [4.69, 9.17) is 10.8 Å². The van der Waals surface area contributed by atoms with Gasteiger partial charge in [0.05, 0.1) is 22.9 Å². The number of Topliss-reactive ketones (excluding diaryl/α,β-unsaturated/α-hetero) is 1. The smallest absolute Gasteiger partial charge is 0.283 e. The molecule has 5 aromatic rings. The van der Waals surface area contributed by atoms with Gasteiger partial charge in [0.25, 0.3) is 5.56 Å². The molecule has 0 spiro atoms. The Bertz CT molecular complexity index is 1660. The van der Waals surface area contributed by atoms with E-state index in [1.54, 1.807) is 21.3 Å². The Morgan fingerprint density at radius 2 is 1.97 bits per heavy atom. The summed E-state index contributed by atoms with van der Waals surface area (Å²) in [5, 5.41) is 11.6. The molecule has 1 fully saturated rings. The molecule has 0 unspecified atom stereocenters. The molecule has 2 atom stereocenters. The summed E-state index contributed by atoms with van der Waals surface area (Å²) in [6.45, 7) is 4.14. The van der Waals surface area contributed by atoms with E-state index in [9.17, 15) is 9.59 Å². The zero-order valence-corrected chi connectivity index (χ0v) is 19.5. The molecule has 1 aliphatic heterocycles. The quantitative estimate of drug-likeness (QED) is 0.358. The number of nitrogens with two attached hydrogens (primary N) is 1. The van der Waals surface area contributed by atoms with Crippen LogP contribution in [-0.4, -0.2) is 51.7 Å². The van der Waals surface area contributed by atoms with Gasteiger partial charge in [0.15, 0.2) is 17.4 Å². The van der Waals surface area contributed by atoms with Gasteiger partial charge in [0, 0.05) is 24.9 Å². The number of rotatable bonds is 5. The summed E-state index contributed by atoms with van der Waals surface area (Å²) in [7, 11) is 0. The zero-order valence-electron chi connectivity index (χ0n) is 19.5. The maximum Gasteiger partial charge on any atom is 0.283 e. The molecule has 0 saturated carbocycles. The molecule has 180 valence electrons. The molecular weight excluding hydrogens is 460 g/mol. The Morgan fingerprint density at radius 1 is 1.17 bits per heavy atom. The number of ketones is 1. The normalized spacial score (nSPS) is 17.3. The van der Waals surface area contributed by atoms with Gasteiger partial charge in [-0.1, -0.05) is 25.1 Å². The number of carbonyl (C=O) groups excluding carboxylic acids is 1. The molecule has 6 rings (SSSR count). The van der Waals surface area contributed by atoms with E-state index in [1.807, 2.05) is 35.2 Å². The van der Waals surface area contributed by atoms with E-state index >= 15 is 0 Å². The highest BCUT2D eigenvalue weighted by molar-refractivity contribution is 5.98. The SMILES string of the molecule is CC(=O)c1cnc(N)nc1N1C[C@H](C)[C@H]1c1nn2ccc(-c3ncn[nH]3)c2c(=O)n1-c1ccccc1. The first-order valence-corrected chi connectivity index (χ1v) is 11.4. The topological polar surface area (TPSA) is 153 Å². The number of aromatic amines is 1. The number of para-hydroxylation sites is 1. The number of H-pyrrole nitrogens is 1. The average molecular weight is 483 g/mol. The Labute approximate surface area is 204 Å². The number of anilines is 2. The predicted molar refractivity (Wildman–Crippen MR) is 132 cm³/mol. The van der Waals surface area contributed by atoms with Crippen LogP contribution in [0, 0.1) is 5.92 Å². The van der Waals surface area contributed by atoms with E-state index in [1.165, 1.54) is 19.4 Å². The third-order valence-electron chi connectivity index (χ3n) is 6.46. The summed E-state index contributed by atoms with van der Waals surface area (Å²) < 4.78 is 3.18. The largest absolute Gasteiger partial charge is 0.368 e. The highest BCUT2D eigenvalue weighted by Gasteiger charge is 2.43. The molecule has 5 heterocycles. The average Bonchev–Trinajstić information content (AvgIpc) is 3.53. The van der Waals surface area contributed by atoms with Crippen molar-refractivity contribution in [3.05, 3.63) is 76.9 Å². The molecule has 0 radical (unpaired) electrons. The summed E-state index contributed by atoms with van der Waals surface area (Å²) >= 11 is 0. The van der Waals surface area contributed by atoms with Gasteiger partial charge in [0.1, 0.15) is 17.7 Å². The minimum atomic E-state index is -0.342. The molecule has 1 aliphatic rings. The first-order chi connectivity index (χ1) is 17.4. The number of benzene rings is 1. The summed E-state index contributed by atoms with van der Waals surface area (Å²) in [6.07, 6.45) is 4.56. The Balaban J connectivity index is 1.60. The van der Waals surface area contributed by atoms with E-state index in [2.05, 4.69) is 32.1 Å². The van der Waals surface area contributed by atoms with Crippen molar-refractivity contribution >= 4 is 23.1 Å². The lowest BCUT2D eigenvalue weighted by atomic mass is 9.88. The maximum atomic E-state index is 14.1. The summed E-state index contributed by atoms with van der Waals surface area (Å²) in [5.74, 6) is 1.44. The number of hydrogen-bond acceptors (Lipinski definition) is 9. The lowest BCUT2D eigenvalue weighted by Gasteiger charge is -2.47. The fourth-order valence-electron chi connectivity index (χ4n) is 4.79. The van der Waals surface area contributed by atoms with E-state index in [0.29, 0.717) is 46.3 Å². The van der Waals surface area contributed by atoms with Crippen LogP contribution in [0.5, 0.6) is 0 Å². The standard InChI is InChI=1S/C24H22N10O2/c1-13-11-32(21-17(14(2)35)10-26-24(25)29-21)18(13)22-31-33-9-8-16(20-27-12-28-30-20)19(33)23(36)34(22)15-6-4-3-5-7-15/h3-10,12-13,18H,11H2,1-2H3,(H2,25,26,29)(H,27,28,30)/t13-,18-/m0/s1. The highest BCUT2D eigenvalue weighted by Crippen LogP contribution is 2.42. The van der Waals surface area contributed by atoms with Crippen LogP contribution in [0.15, 0.2) is 59.9 Å². The van der Waals surface area contributed by atoms with Crippen LogP contribution in [0.1, 0.15) is 36.1 Å². The Morgan fingerprint density at radius 3 is 2.67 bits per heavy atom. The van der Waals surface area contributed by atoms with E-state index < -0.39 is 0 Å². The van der Waals surface area contributed by atoms with Crippen LogP contribution in [0.3, 0.4) is 0 Å². The number of nitrogens with zero attached hydrogens (tertiary/aromatic N) is 8. The Kier molecular flexibility index (Phi) is 4.88. The fourth-order valence-corrected chi connectivity index (χ4v) is 4.79. The Hall–Kier alpha value is -4.87. The maximum absolute atomic E-state index is 14.1. The second kappa shape index (κ2) is 8.12. The van der Waals surface area contributed by atoms with Gasteiger partial charge in [-0.05, 0) is 25.1 Å². The van der Waals surface area contributed by atoms with Crippen molar-refractivity contribution in [1.82, 2.24) is 39.3 Å². The van der Waals surface area contributed by atoms with Gasteiger partial charge >= 0.3 is 0 Å². The molecule has 12 heteroatoms. The van der Waals surface area contributed by atoms with Crippen LogP contribution in [0.25, 0.3) is 22.6 Å². The van der Waals surface area contributed by atoms with Gasteiger partial charge in [-0.2, -0.15) is 15.2 Å². The van der Waals surface area contributed by atoms with Crippen molar-refractivity contribution in [3.8, 4) is 17.1 Å². The molecule has 1 saturated heterocycles. The first-order valence-electron chi connectivity index (χ1n) is 11.4. The first kappa shape index (κ1) is 21.6. The molecule has 3 N–H and O–H groups in total. The predicted octanol–water partition coefficient (Wildman–Crippen LogP) is 2.04. The van der Waals surface area contributed by atoms with E-state index in [0.717, 1.165) is 0 Å². The molecule has 4 aromatic heterocycles. The second-order valence-electron chi connectivity index (χ2n) is 8.79. The van der Waals surface area contributed by atoms with Crippen molar-refractivity contribution in [2.45, 2.75) is 19.9 Å². The molecule has 12 nitrogen and oxygen atoms in total. The minimum absolute atomic E-state index is 0.0688. The van der Waals surface area contributed by atoms with Gasteiger partial charge in [0.2, 0.25) is 5.95 Å². The zero-order chi connectivity index (χ0) is 25.0. The van der Waals surface area contributed by atoms with Crippen molar-refractivity contribution in [3.63, 3.8) is 0 Å². The van der Waals surface area contributed by atoms with Crippen molar-refractivity contribution in [1.29, 1.82) is 0 Å². The van der Waals surface area contributed by atoms with Crippen LogP contribution < -0.4 is 16.2 Å². The van der Waals surface area contributed by atoms with Crippen LogP contribution in [0.4, 0.5) is 11.8 Å². The van der Waals surface area contributed by atoms with E-state index in [-0.39, 0.29) is 29.3 Å². The number of nitrogens with one attached hydrogen (secondary N) is 1. The monoisotopic (exact) mass is 482 g/mol. The second-order valence-corrected chi connectivity index (χ2v) is 8.79. The third-order valence-corrected chi connectivity index (χ3v) is 6.46. The molecule has 0 bridgehead atoms. The lowest BCUT2D eigenvalue weighted by Crippen LogP contribution is -2.52. The van der Waals surface area contributed by atoms with Crippen LogP contribution in [-0.2, 0) is 0 Å². The van der Waals surface area contributed by atoms with Gasteiger partial charge in [-0.25, -0.2) is 14.5 Å². The van der Waals surface area contributed by atoms with Crippen LogP contribution in [0.2, 0.25) is 0 Å². The van der Waals surface area contributed by atoms with Crippen molar-refractivity contribution in [2.75, 3.05) is 17.2 Å². The van der Waals surface area contributed by atoms with Gasteiger partial charge < -0.3 is 10.6 Å². The lowest BCUT2D eigenvalue weighted by molar-refractivity contribution is 0.101. The summed E-state index contributed by atoms with van der Waals surface area (Å²) in [5.41, 5.74) is 7.63. The van der Waals surface area contributed by atoms with Gasteiger partial charge in [-0.15, -0.1) is 0 Å². The van der Waals surface area contributed by atoms with Crippen LogP contribution >= 0.6 is 0 Å². The highest BCUT2D eigenvalue weighted by atomic mass is 16.1. The molecule has 0 amide bonds. The summed E-state index contributed by atoms with van der Waals surface area (Å²) in [6, 6.07) is 10.8. The third kappa shape index (κ3) is 3.26. The number of aromatic nitrogens is 8. The molecule has 36 heavy (non-hydrogen) atoms. The van der Waals surface area contributed by atoms with Crippen molar-refractivity contribution < 1.29 is 4.79 Å². The molecule has 1 aromatic carbocycles. The van der Waals surface area contributed by atoms with Crippen molar-refractivity contribution in [2.24, 2.45) is 5.92 Å². The molecular formula is C24H22N10O2. The number of nitrogen functional groups attached to an aromatic ring is 1. The fraction of sp³-hybridized carbons (Fsp3) is 0.208.